The molecule has 2 aromatic rings. The van der Waals surface area contributed by atoms with Crippen molar-refractivity contribution >= 4 is 11.6 Å². The topological polar surface area (TPSA) is 63.8 Å². The monoisotopic (exact) mass is 292 g/mol. The molecule has 2 aromatic heterocycles. The predicted octanol–water partition coefficient (Wildman–Crippen LogP) is 2.77. The van der Waals surface area contributed by atoms with E-state index in [0.717, 1.165) is 29.8 Å². The third-order valence-corrected chi connectivity index (χ3v) is 4.25. The molecule has 6 heteroatoms. The lowest BCUT2D eigenvalue weighted by Gasteiger charge is -2.06. The fraction of sp³-hybridized carbons (Fsp3) is 0.500. The van der Waals surface area contributed by atoms with Crippen LogP contribution in [0.25, 0.3) is 5.82 Å². The van der Waals surface area contributed by atoms with Gasteiger partial charge in [0.15, 0.2) is 5.82 Å². The van der Waals surface area contributed by atoms with E-state index in [0.29, 0.717) is 16.9 Å². The summed E-state index contributed by atoms with van der Waals surface area (Å²) in [7, 11) is 0. The van der Waals surface area contributed by atoms with Crippen molar-refractivity contribution in [1.82, 2.24) is 19.7 Å². The molecule has 0 radical (unpaired) electrons. The maximum absolute atomic E-state index is 9.60. The third-order valence-electron chi connectivity index (χ3n) is 3.86. The molecule has 0 unspecified atom stereocenters. The molecule has 106 valence electrons. The number of hydrogen-bond donors (Lipinski definition) is 1. The first kappa shape index (κ1) is 13.5. The van der Waals surface area contributed by atoms with Crippen LogP contribution in [0.3, 0.4) is 0 Å². The fourth-order valence-electron chi connectivity index (χ4n) is 2.83. The fourth-order valence-corrected chi connectivity index (χ4v) is 3.11. The molecule has 0 aromatic carbocycles. The second kappa shape index (κ2) is 5.50. The minimum Gasteiger partial charge on any atom is -0.391 e. The molecular formula is C14H17ClN4O. The molecule has 5 nitrogen and oxygen atoms in total. The molecule has 1 aliphatic rings. The van der Waals surface area contributed by atoms with Gasteiger partial charge in [-0.15, -0.1) is 0 Å². The molecule has 0 saturated heterocycles. The molecule has 0 bridgehead atoms. The zero-order valence-corrected chi connectivity index (χ0v) is 12.1. The predicted molar refractivity (Wildman–Crippen MR) is 76.0 cm³/mol. The van der Waals surface area contributed by atoms with Gasteiger partial charge in [-0.2, -0.15) is 5.10 Å². The van der Waals surface area contributed by atoms with Crippen LogP contribution in [-0.4, -0.2) is 24.9 Å². The van der Waals surface area contributed by atoms with Gasteiger partial charge in [-0.1, -0.05) is 24.4 Å². The van der Waals surface area contributed by atoms with Gasteiger partial charge < -0.3 is 5.11 Å². The third kappa shape index (κ3) is 2.31. The largest absolute Gasteiger partial charge is 0.391 e. The van der Waals surface area contributed by atoms with Crippen LogP contribution in [0.1, 0.15) is 48.6 Å². The zero-order chi connectivity index (χ0) is 14.1. The summed E-state index contributed by atoms with van der Waals surface area (Å²) in [4.78, 5) is 8.29. The molecular weight excluding hydrogens is 276 g/mol. The highest BCUT2D eigenvalue weighted by Crippen LogP contribution is 2.37. The molecule has 1 fully saturated rings. The number of aliphatic hydroxyl groups excluding tert-OH is 1. The van der Waals surface area contributed by atoms with Gasteiger partial charge in [-0.25, -0.2) is 14.6 Å². The first-order chi connectivity index (χ1) is 9.70. The van der Waals surface area contributed by atoms with Crippen molar-refractivity contribution in [3.8, 4) is 5.82 Å². The molecule has 0 spiro atoms. The van der Waals surface area contributed by atoms with Crippen molar-refractivity contribution in [3.63, 3.8) is 0 Å². The van der Waals surface area contributed by atoms with Crippen LogP contribution in [0.4, 0.5) is 0 Å². The lowest BCUT2D eigenvalue weighted by Crippen LogP contribution is -2.02. The Hall–Kier alpha value is -1.46. The highest BCUT2D eigenvalue weighted by Gasteiger charge is 2.26. The standard InChI is InChI=1S/C14H17ClN4O/c1-9-6-12(17-8-16-9)19-14(15)11(7-20)13(18-19)10-4-2-3-5-10/h6,8,10,20H,2-5,7H2,1H3. The van der Waals surface area contributed by atoms with Gasteiger partial charge in [0.25, 0.3) is 0 Å². The summed E-state index contributed by atoms with van der Waals surface area (Å²) in [5.41, 5.74) is 2.51. The van der Waals surface area contributed by atoms with Crippen LogP contribution in [-0.2, 0) is 6.61 Å². The summed E-state index contributed by atoms with van der Waals surface area (Å²) in [5.74, 6) is 1.04. The number of aliphatic hydroxyl groups is 1. The first-order valence-electron chi connectivity index (χ1n) is 6.88. The van der Waals surface area contributed by atoms with Crippen LogP contribution in [0.15, 0.2) is 12.4 Å². The normalized spacial score (nSPS) is 15.9. The van der Waals surface area contributed by atoms with E-state index in [1.165, 1.54) is 19.2 Å². The molecule has 0 atom stereocenters. The Morgan fingerprint density at radius 3 is 2.75 bits per heavy atom. The minimum atomic E-state index is -0.0886. The summed E-state index contributed by atoms with van der Waals surface area (Å²) < 4.78 is 1.61. The smallest absolute Gasteiger partial charge is 0.158 e. The van der Waals surface area contributed by atoms with E-state index >= 15 is 0 Å². The van der Waals surface area contributed by atoms with E-state index in [9.17, 15) is 5.11 Å². The van der Waals surface area contributed by atoms with Gasteiger partial charge in [0.05, 0.1) is 12.3 Å². The summed E-state index contributed by atoms with van der Waals surface area (Å²) in [6.45, 7) is 1.81. The second-order valence-corrected chi connectivity index (χ2v) is 5.58. The lowest BCUT2D eigenvalue weighted by molar-refractivity contribution is 0.280. The first-order valence-corrected chi connectivity index (χ1v) is 7.25. The van der Waals surface area contributed by atoms with Gasteiger partial charge in [0.2, 0.25) is 0 Å². The summed E-state index contributed by atoms with van der Waals surface area (Å²) in [6.07, 6.45) is 6.15. The van der Waals surface area contributed by atoms with Crippen LogP contribution < -0.4 is 0 Å². The van der Waals surface area contributed by atoms with Crippen LogP contribution in [0.5, 0.6) is 0 Å². The van der Waals surface area contributed by atoms with E-state index in [2.05, 4.69) is 15.1 Å². The van der Waals surface area contributed by atoms with Crippen LogP contribution in [0, 0.1) is 6.92 Å². The molecule has 1 aliphatic carbocycles. The van der Waals surface area contributed by atoms with E-state index < -0.39 is 0 Å². The van der Waals surface area contributed by atoms with E-state index in [-0.39, 0.29) is 6.61 Å². The average Bonchev–Trinajstić information content (AvgIpc) is 3.05. The Morgan fingerprint density at radius 1 is 1.35 bits per heavy atom. The highest BCUT2D eigenvalue weighted by molar-refractivity contribution is 6.30. The number of aryl methyl sites for hydroxylation is 1. The summed E-state index contributed by atoms with van der Waals surface area (Å²) >= 11 is 6.37. The summed E-state index contributed by atoms with van der Waals surface area (Å²) in [5, 5.41) is 14.7. The van der Waals surface area contributed by atoms with Gasteiger partial charge in [-0.3, -0.25) is 0 Å². The van der Waals surface area contributed by atoms with E-state index in [4.69, 9.17) is 11.6 Å². The van der Waals surface area contributed by atoms with Gasteiger partial charge in [0.1, 0.15) is 11.5 Å². The van der Waals surface area contributed by atoms with E-state index in [1.54, 1.807) is 4.68 Å². The van der Waals surface area contributed by atoms with Crippen molar-refractivity contribution in [3.05, 3.63) is 34.5 Å². The number of aromatic nitrogens is 4. The van der Waals surface area contributed by atoms with Crippen LogP contribution >= 0.6 is 11.6 Å². The van der Waals surface area contributed by atoms with Crippen molar-refractivity contribution in [2.75, 3.05) is 0 Å². The van der Waals surface area contributed by atoms with Crippen molar-refractivity contribution in [1.29, 1.82) is 0 Å². The van der Waals surface area contributed by atoms with E-state index in [1.807, 2.05) is 13.0 Å². The maximum Gasteiger partial charge on any atom is 0.158 e. The molecule has 0 amide bonds. The summed E-state index contributed by atoms with van der Waals surface area (Å²) in [6, 6.07) is 1.83. The minimum absolute atomic E-state index is 0.0886. The molecule has 1 N–H and O–H groups in total. The Kier molecular flexibility index (Phi) is 3.72. The van der Waals surface area contributed by atoms with Gasteiger partial charge in [0, 0.05) is 23.2 Å². The molecule has 3 rings (SSSR count). The Bertz CT molecular complexity index is 620. The van der Waals surface area contributed by atoms with Crippen LogP contribution in [0.2, 0.25) is 5.15 Å². The van der Waals surface area contributed by atoms with Gasteiger partial charge >= 0.3 is 0 Å². The Labute approximate surface area is 122 Å². The van der Waals surface area contributed by atoms with Crippen molar-refractivity contribution in [2.24, 2.45) is 0 Å². The van der Waals surface area contributed by atoms with Crippen molar-refractivity contribution < 1.29 is 5.11 Å². The maximum atomic E-state index is 9.60. The molecule has 0 aliphatic heterocycles. The molecule has 2 heterocycles. The van der Waals surface area contributed by atoms with Gasteiger partial charge in [-0.05, 0) is 19.8 Å². The Balaban J connectivity index is 2.08. The Morgan fingerprint density at radius 2 is 2.10 bits per heavy atom. The van der Waals surface area contributed by atoms with Crippen molar-refractivity contribution in [2.45, 2.75) is 45.1 Å². The lowest BCUT2D eigenvalue weighted by atomic mass is 10.0. The average molecular weight is 293 g/mol. The SMILES string of the molecule is Cc1cc(-n2nc(C3CCCC3)c(CO)c2Cl)ncn1. The number of nitrogens with zero attached hydrogens (tertiary/aromatic N) is 4. The zero-order valence-electron chi connectivity index (χ0n) is 11.4. The second-order valence-electron chi connectivity index (χ2n) is 5.22. The number of halogens is 1. The quantitative estimate of drug-likeness (QED) is 0.945. The highest BCUT2D eigenvalue weighted by atomic mass is 35.5. The molecule has 20 heavy (non-hydrogen) atoms. The molecule has 1 saturated carbocycles. The number of rotatable bonds is 3. The number of hydrogen-bond acceptors (Lipinski definition) is 4.